The fourth-order valence-electron chi connectivity index (χ4n) is 2.72. The average molecular weight is 337 g/mol. The predicted molar refractivity (Wildman–Crippen MR) is 89.0 cm³/mol. The van der Waals surface area contributed by atoms with Crippen LogP contribution in [0.3, 0.4) is 0 Å². The van der Waals surface area contributed by atoms with Gasteiger partial charge in [-0.25, -0.2) is 4.79 Å². The van der Waals surface area contributed by atoms with Gasteiger partial charge in [0.1, 0.15) is 12.2 Å². The fraction of sp³-hybridized carbons (Fsp3) is 0.667. The van der Waals surface area contributed by atoms with Crippen LogP contribution in [-0.4, -0.2) is 48.7 Å². The number of rotatable bonds is 6. The lowest BCUT2D eigenvalue weighted by molar-refractivity contribution is 0.0141. The maximum Gasteiger partial charge on any atom is 0.410 e. The molecule has 0 spiro atoms. The summed E-state index contributed by atoms with van der Waals surface area (Å²) in [6.07, 6.45) is 4.08. The highest BCUT2D eigenvalue weighted by Crippen LogP contribution is 2.21. The van der Waals surface area contributed by atoms with Gasteiger partial charge in [0, 0.05) is 19.7 Å². The standard InChI is InChI=1S/C18H27NO5/c1-18(2,3)24-17(21)19-9-4-6-14(12-19)8-11-22-13-15(20)16-7-5-10-23-16/h5,7,10,14H,4,6,8-9,11-13H2,1-3H3/t14-/m1/s1. The van der Waals surface area contributed by atoms with Crippen LogP contribution >= 0.6 is 0 Å². The van der Waals surface area contributed by atoms with Gasteiger partial charge in [-0.15, -0.1) is 0 Å². The summed E-state index contributed by atoms with van der Waals surface area (Å²) in [5, 5.41) is 0. The summed E-state index contributed by atoms with van der Waals surface area (Å²) in [7, 11) is 0. The molecule has 1 aliphatic heterocycles. The van der Waals surface area contributed by atoms with Gasteiger partial charge in [0.15, 0.2) is 5.76 Å². The molecule has 2 heterocycles. The van der Waals surface area contributed by atoms with Crippen LogP contribution in [0.5, 0.6) is 0 Å². The van der Waals surface area contributed by atoms with Crippen molar-refractivity contribution in [2.45, 2.75) is 45.6 Å². The number of carbonyl (C=O) groups is 2. The number of likely N-dealkylation sites (tertiary alicyclic amines) is 1. The first-order valence-corrected chi connectivity index (χ1v) is 8.47. The van der Waals surface area contributed by atoms with E-state index >= 15 is 0 Å². The van der Waals surface area contributed by atoms with E-state index in [-0.39, 0.29) is 18.5 Å². The van der Waals surface area contributed by atoms with Crippen molar-refractivity contribution in [3.05, 3.63) is 24.2 Å². The minimum absolute atomic E-state index is 0.0238. The zero-order chi connectivity index (χ0) is 17.6. The first-order valence-electron chi connectivity index (χ1n) is 8.47. The summed E-state index contributed by atoms with van der Waals surface area (Å²) in [6, 6.07) is 3.31. The van der Waals surface area contributed by atoms with Crippen LogP contribution in [0.2, 0.25) is 0 Å². The molecule has 1 aromatic rings. The molecular formula is C18H27NO5. The molecule has 1 atom stereocenters. The molecule has 1 fully saturated rings. The van der Waals surface area contributed by atoms with Gasteiger partial charge >= 0.3 is 6.09 Å². The summed E-state index contributed by atoms with van der Waals surface area (Å²) in [4.78, 5) is 25.6. The van der Waals surface area contributed by atoms with Crippen molar-refractivity contribution in [3.8, 4) is 0 Å². The second kappa shape index (κ2) is 8.33. The third-order valence-corrected chi connectivity index (χ3v) is 3.87. The molecule has 0 aromatic carbocycles. The Balaban J connectivity index is 1.67. The average Bonchev–Trinajstić information content (AvgIpc) is 3.04. The summed E-state index contributed by atoms with van der Waals surface area (Å²) in [5.74, 6) is 0.549. The minimum Gasteiger partial charge on any atom is -0.461 e. The van der Waals surface area contributed by atoms with Gasteiger partial charge in [-0.3, -0.25) is 4.79 Å². The van der Waals surface area contributed by atoms with Crippen molar-refractivity contribution in [2.75, 3.05) is 26.3 Å². The number of nitrogens with zero attached hydrogens (tertiary/aromatic N) is 1. The van der Waals surface area contributed by atoms with E-state index in [1.807, 2.05) is 20.8 Å². The smallest absolute Gasteiger partial charge is 0.410 e. The first-order chi connectivity index (χ1) is 11.3. The van der Waals surface area contributed by atoms with Gasteiger partial charge in [0.05, 0.1) is 6.26 Å². The molecule has 1 aromatic heterocycles. The molecule has 0 unspecified atom stereocenters. The lowest BCUT2D eigenvalue weighted by Crippen LogP contribution is -2.43. The van der Waals surface area contributed by atoms with E-state index in [0.717, 1.165) is 25.8 Å². The topological polar surface area (TPSA) is 69.0 Å². The molecule has 0 bridgehead atoms. The van der Waals surface area contributed by atoms with Crippen molar-refractivity contribution in [1.29, 1.82) is 0 Å². The molecule has 0 N–H and O–H groups in total. The highest BCUT2D eigenvalue weighted by atomic mass is 16.6. The number of hydrogen-bond acceptors (Lipinski definition) is 5. The van der Waals surface area contributed by atoms with Crippen molar-refractivity contribution < 1.29 is 23.5 Å². The van der Waals surface area contributed by atoms with E-state index in [1.165, 1.54) is 6.26 Å². The molecule has 134 valence electrons. The van der Waals surface area contributed by atoms with E-state index in [1.54, 1.807) is 17.0 Å². The maximum absolute atomic E-state index is 12.1. The van der Waals surface area contributed by atoms with Crippen LogP contribution in [0, 0.1) is 5.92 Å². The van der Waals surface area contributed by atoms with Crippen molar-refractivity contribution in [1.82, 2.24) is 4.90 Å². The van der Waals surface area contributed by atoms with E-state index in [2.05, 4.69) is 0 Å². The molecule has 1 amide bonds. The highest BCUT2D eigenvalue weighted by Gasteiger charge is 2.27. The Morgan fingerprint density at radius 3 is 2.83 bits per heavy atom. The summed E-state index contributed by atoms with van der Waals surface area (Å²) in [6.45, 7) is 7.56. The van der Waals surface area contributed by atoms with Crippen LogP contribution < -0.4 is 0 Å². The Hall–Kier alpha value is -1.82. The van der Waals surface area contributed by atoms with Gasteiger partial charge < -0.3 is 18.8 Å². The SMILES string of the molecule is CC(C)(C)OC(=O)N1CCC[C@H](CCOCC(=O)c2ccco2)C1. The molecular weight excluding hydrogens is 310 g/mol. The third kappa shape index (κ3) is 6.00. The zero-order valence-electron chi connectivity index (χ0n) is 14.7. The highest BCUT2D eigenvalue weighted by molar-refractivity contribution is 5.94. The molecule has 0 saturated carbocycles. The Morgan fingerprint density at radius 2 is 2.17 bits per heavy atom. The van der Waals surface area contributed by atoms with E-state index < -0.39 is 5.60 Å². The number of amides is 1. The van der Waals surface area contributed by atoms with Gasteiger partial charge in [-0.2, -0.15) is 0 Å². The summed E-state index contributed by atoms with van der Waals surface area (Å²) in [5.41, 5.74) is -0.473. The molecule has 6 nitrogen and oxygen atoms in total. The normalized spacial score (nSPS) is 18.5. The number of hydrogen-bond donors (Lipinski definition) is 0. The lowest BCUT2D eigenvalue weighted by Gasteiger charge is -2.34. The Labute approximate surface area is 143 Å². The van der Waals surface area contributed by atoms with Crippen molar-refractivity contribution in [3.63, 3.8) is 0 Å². The second-order valence-corrected chi connectivity index (χ2v) is 7.18. The van der Waals surface area contributed by atoms with E-state index in [9.17, 15) is 9.59 Å². The Kier molecular flexibility index (Phi) is 6.43. The van der Waals surface area contributed by atoms with Crippen molar-refractivity contribution >= 4 is 11.9 Å². The van der Waals surface area contributed by atoms with Gasteiger partial charge in [0.25, 0.3) is 0 Å². The zero-order valence-corrected chi connectivity index (χ0v) is 14.7. The van der Waals surface area contributed by atoms with Gasteiger partial charge in [-0.05, 0) is 58.1 Å². The quantitative estimate of drug-likeness (QED) is 0.587. The van der Waals surface area contributed by atoms with Crippen LogP contribution in [0.25, 0.3) is 0 Å². The largest absolute Gasteiger partial charge is 0.461 e. The Bertz CT molecular complexity index is 532. The number of Topliss-reactive ketones (excluding diaryl/α,β-unsaturated/α-hetero) is 1. The van der Waals surface area contributed by atoms with Gasteiger partial charge in [-0.1, -0.05) is 0 Å². The number of ketones is 1. The summed E-state index contributed by atoms with van der Waals surface area (Å²) >= 11 is 0. The lowest BCUT2D eigenvalue weighted by atomic mass is 9.95. The molecule has 24 heavy (non-hydrogen) atoms. The first kappa shape index (κ1) is 18.5. The van der Waals surface area contributed by atoms with Crippen LogP contribution in [-0.2, 0) is 9.47 Å². The predicted octanol–water partition coefficient (Wildman–Crippen LogP) is 3.52. The number of carbonyl (C=O) groups excluding carboxylic acids is 2. The third-order valence-electron chi connectivity index (χ3n) is 3.87. The molecule has 1 saturated heterocycles. The maximum atomic E-state index is 12.1. The summed E-state index contributed by atoms with van der Waals surface area (Å²) < 4.78 is 15.9. The van der Waals surface area contributed by atoms with Gasteiger partial charge in [0.2, 0.25) is 5.78 Å². The van der Waals surface area contributed by atoms with E-state index in [0.29, 0.717) is 24.8 Å². The second-order valence-electron chi connectivity index (χ2n) is 7.18. The number of furan rings is 1. The number of ether oxygens (including phenoxy) is 2. The van der Waals surface area contributed by atoms with Crippen LogP contribution in [0.1, 0.15) is 50.6 Å². The molecule has 0 aliphatic carbocycles. The molecule has 0 radical (unpaired) electrons. The van der Waals surface area contributed by atoms with E-state index in [4.69, 9.17) is 13.9 Å². The fourth-order valence-corrected chi connectivity index (χ4v) is 2.72. The monoisotopic (exact) mass is 337 g/mol. The molecule has 6 heteroatoms. The Morgan fingerprint density at radius 1 is 1.38 bits per heavy atom. The van der Waals surface area contributed by atoms with Crippen LogP contribution in [0.15, 0.2) is 22.8 Å². The van der Waals surface area contributed by atoms with Crippen LogP contribution in [0.4, 0.5) is 4.79 Å². The molecule has 1 aliphatic rings. The molecule has 2 rings (SSSR count). The number of piperidine rings is 1. The van der Waals surface area contributed by atoms with Crippen molar-refractivity contribution in [2.24, 2.45) is 5.92 Å². The minimum atomic E-state index is -0.473.